The standard InChI is InChI=1S/C11H11NO4/c1-16-11(15)8-5-7(10(13)14)4-6-2-3-12-9(6)8/h4-5,12H,2-3H2,1H3,(H,13,14). The zero-order valence-electron chi connectivity index (χ0n) is 8.74. The Morgan fingerprint density at radius 1 is 1.44 bits per heavy atom. The fraction of sp³-hybridized carbons (Fsp3) is 0.273. The van der Waals surface area contributed by atoms with Crippen LogP contribution in [0.15, 0.2) is 12.1 Å². The number of rotatable bonds is 2. The lowest BCUT2D eigenvalue weighted by Crippen LogP contribution is -2.08. The maximum absolute atomic E-state index is 11.5. The van der Waals surface area contributed by atoms with Crippen LogP contribution >= 0.6 is 0 Å². The molecule has 1 aliphatic heterocycles. The average Bonchev–Trinajstić information content (AvgIpc) is 2.74. The quantitative estimate of drug-likeness (QED) is 0.732. The summed E-state index contributed by atoms with van der Waals surface area (Å²) in [6.07, 6.45) is 0.723. The number of benzene rings is 1. The Hall–Kier alpha value is -2.04. The molecule has 0 fully saturated rings. The van der Waals surface area contributed by atoms with E-state index in [1.54, 1.807) is 6.07 Å². The third-order valence-corrected chi connectivity index (χ3v) is 2.57. The van der Waals surface area contributed by atoms with Gasteiger partial charge in [0.1, 0.15) is 0 Å². The molecule has 5 nitrogen and oxygen atoms in total. The summed E-state index contributed by atoms with van der Waals surface area (Å²) in [5.41, 5.74) is 1.94. The van der Waals surface area contributed by atoms with E-state index >= 15 is 0 Å². The summed E-state index contributed by atoms with van der Waals surface area (Å²) in [6.45, 7) is 0.711. The first-order chi connectivity index (χ1) is 7.63. The number of carbonyl (C=O) groups is 2. The van der Waals surface area contributed by atoms with E-state index in [1.807, 2.05) is 0 Å². The summed E-state index contributed by atoms with van der Waals surface area (Å²) in [4.78, 5) is 22.4. The van der Waals surface area contributed by atoms with Gasteiger partial charge in [0.2, 0.25) is 0 Å². The highest BCUT2D eigenvalue weighted by atomic mass is 16.5. The molecule has 0 aromatic heterocycles. The third-order valence-electron chi connectivity index (χ3n) is 2.57. The first-order valence-corrected chi connectivity index (χ1v) is 4.86. The van der Waals surface area contributed by atoms with Crippen molar-refractivity contribution in [1.29, 1.82) is 0 Å². The summed E-state index contributed by atoms with van der Waals surface area (Å²) in [5.74, 6) is -1.56. The van der Waals surface area contributed by atoms with Gasteiger partial charge < -0.3 is 15.2 Å². The van der Waals surface area contributed by atoms with Crippen molar-refractivity contribution in [3.05, 3.63) is 28.8 Å². The molecule has 1 heterocycles. The molecule has 84 valence electrons. The van der Waals surface area contributed by atoms with E-state index in [2.05, 4.69) is 10.1 Å². The van der Waals surface area contributed by atoms with Gasteiger partial charge in [-0.25, -0.2) is 9.59 Å². The Kier molecular flexibility index (Phi) is 2.52. The zero-order chi connectivity index (χ0) is 11.7. The molecule has 0 radical (unpaired) electrons. The second kappa shape index (κ2) is 3.84. The lowest BCUT2D eigenvalue weighted by atomic mass is 10.0. The molecule has 0 aliphatic carbocycles. The topological polar surface area (TPSA) is 75.6 Å². The van der Waals surface area contributed by atoms with Gasteiger partial charge in [0.25, 0.3) is 0 Å². The Morgan fingerprint density at radius 3 is 2.81 bits per heavy atom. The maximum atomic E-state index is 11.5. The molecule has 0 unspecified atom stereocenters. The second-order valence-corrected chi connectivity index (χ2v) is 3.53. The van der Waals surface area contributed by atoms with Crippen LogP contribution in [0.3, 0.4) is 0 Å². The van der Waals surface area contributed by atoms with Crippen LogP contribution in [-0.2, 0) is 11.2 Å². The van der Waals surface area contributed by atoms with Crippen LogP contribution in [0.2, 0.25) is 0 Å². The third kappa shape index (κ3) is 1.60. The van der Waals surface area contributed by atoms with Gasteiger partial charge in [-0.2, -0.15) is 0 Å². The zero-order valence-corrected chi connectivity index (χ0v) is 8.74. The molecule has 0 spiro atoms. The number of fused-ring (bicyclic) bond motifs is 1. The molecule has 1 aliphatic rings. The summed E-state index contributed by atoms with van der Waals surface area (Å²) in [7, 11) is 1.27. The molecule has 2 rings (SSSR count). The highest BCUT2D eigenvalue weighted by Crippen LogP contribution is 2.28. The molecule has 1 aromatic carbocycles. The normalized spacial score (nSPS) is 12.8. The second-order valence-electron chi connectivity index (χ2n) is 3.53. The van der Waals surface area contributed by atoms with Crippen LogP contribution in [0, 0.1) is 0 Å². The monoisotopic (exact) mass is 221 g/mol. The number of carboxylic acid groups (broad SMARTS) is 1. The lowest BCUT2D eigenvalue weighted by molar-refractivity contribution is 0.0602. The van der Waals surface area contributed by atoms with Gasteiger partial charge in [0.05, 0.1) is 23.9 Å². The highest BCUT2D eigenvalue weighted by Gasteiger charge is 2.22. The van der Waals surface area contributed by atoms with Gasteiger partial charge in [-0.05, 0) is 24.1 Å². The van der Waals surface area contributed by atoms with E-state index in [0.29, 0.717) is 12.2 Å². The van der Waals surface area contributed by atoms with E-state index in [0.717, 1.165) is 12.0 Å². The first kappa shape index (κ1) is 10.5. The molecule has 2 N–H and O–H groups in total. The molecule has 0 amide bonds. The van der Waals surface area contributed by atoms with Crippen LogP contribution in [0.4, 0.5) is 5.69 Å². The molecule has 0 atom stereocenters. The van der Waals surface area contributed by atoms with Gasteiger partial charge in [0.15, 0.2) is 0 Å². The largest absolute Gasteiger partial charge is 0.478 e. The minimum Gasteiger partial charge on any atom is -0.478 e. The molecule has 5 heteroatoms. The molecular weight excluding hydrogens is 210 g/mol. The molecule has 0 saturated carbocycles. The minimum atomic E-state index is -1.04. The van der Waals surface area contributed by atoms with E-state index in [1.165, 1.54) is 13.2 Å². The highest BCUT2D eigenvalue weighted by molar-refractivity contribution is 6.00. The number of hydrogen-bond acceptors (Lipinski definition) is 4. The van der Waals surface area contributed by atoms with Gasteiger partial charge >= 0.3 is 11.9 Å². The smallest absolute Gasteiger partial charge is 0.339 e. The van der Waals surface area contributed by atoms with E-state index in [9.17, 15) is 9.59 Å². The van der Waals surface area contributed by atoms with Crippen LogP contribution in [-0.4, -0.2) is 30.7 Å². The Morgan fingerprint density at radius 2 is 2.19 bits per heavy atom. The van der Waals surface area contributed by atoms with E-state index in [-0.39, 0.29) is 11.1 Å². The van der Waals surface area contributed by atoms with Gasteiger partial charge in [-0.3, -0.25) is 0 Å². The predicted octanol–water partition coefficient (Wildman–Crippen LogP) is 1.14. The van der Waals surface area contributed by atoms with Crippen molar-refractivity contribution in [2.45, 2.75) is 6.42 Å². The SMILES string of the molecule is COC(=O)c1cc(C(=O)O)cc2c1NCC2. The molecule has 16 heavy (non-hydrogen) atoms. The summed E-state index contributed by atoms with van der Waals surface area (Å²) in [6, 6.07) is 2.93. The number of aromatic carboxylic acids is 1. The van der Waals surface area contributed by atoms with Crippen molar-refractivity contribution in [1.82, 2.24) is 0 Å². The Balaban J connectivity index is 2.58. The van der Waals surface area contributed by atoms with Crippen molar-refractivity contribution in [2.24, 2.45) is 0 Å². The van der Waals surface area contributed by atoms with Crippen molar-refractivity contribution in [2.75, 3.05) is 19.0 Å². The van der Waals surface area contributed by atoms with Crippen molar-refractivity contribution < 1.29 is 19.4 Å². The van der Waals surface area contributed by atoms with Gasteiger partial charge in [0, 0.05) is 6.54 Å². The van der Waals surface area contributed by atoms with Crippen LogP contribution in [0.25, 0.3) is 0 Å². The number of carbonyl (C=O) groups excluding carboxylic acids is 1. The number of hydrogen-bond donors (Lipinski definition) is 2. The number of carboxylic acids is 1. The summed E-state index contributed by atoms with van der Waals surface area (Å²) >= 11 is 0. The number of anilines is 1. The lowest BCUT2D eigenvalue weighted by Gasteiger charge is -2.08. The predicted molar refractivity (Wildman–Crippen MR) is 56.9 cm³/mol. The Labute approximate surface area is 92.0 Å². The molecule has 0 bridgehead atoms. The molecule has 1 aromatic rings. The minimum absolute atomic E-state index is 0.114. The van der Waals surface area contributed by atoms with Gasteiger partial charge in [-0.1, -0.05) is 0 Å². The number of nitrogens with one attached hydrogen (secondary N) is 1. The maximum Gasteiger partial charge on any atom is 0.339 e. The van der Waals surface area contributed by atoms with Crippen molar-refractivity contribution in [3.63, 3.8) is 0 Å². The van der Waals surface area contributed by atoms with Crippen molar-refractivity contribution >= 4 is 17.6 Å². The van der Waals surface area contributed by atoms with E-state index < -0.39 is 11.9 Å². The fourth-order valence-electron chi connectivity index (χ4n) is 1.82. The summed E-state index contributed by atoms with van der Waals surface area (Å²) in [5, 5.41) is 12.0. The van der Waals surface area contributed by atoms with Gasteiger partial charge in [-0.15, -0.1) is 0 Å². The number of esters is 1. The fourth-order valence-corrected chi connectivity index (χ4v) is 1.82. The first-order valence-electron chi connectivity index (χ1n) is 4.86. The van der Waals surface area contributed by atoms with E-state index in [4.69, 9.17) is 5.11 Å². The number of methoxy groups -OCH3 is 1. The van der Waals surface area contributed by atoms with Crippen molar-refractivity contribution in [3.8, 4) is 0 Å². The van der Waals surface area contributed by atoms with Crippen LogP contribution in [0.5, 0.6) is 0 Å². The molecular formula is C11H11NO4. The average molecular weight is 221 g/mol. The van der Waals surface area contributed by atoms with Crippen LogP contribution < -0.4 is 5.32 Å². The Bertz CT molecular complexity index is 467. The van der Waals surface area contributed by atoms with Crippen LogP contribution in [0.1, 0.15) is 26.3 Å². The molecule has 0 saturated heterocycles. The summed E-state index contributed by atoms with van der Waals surface area (Å²) < 4.78 is 4.62. The number of ether oxygens (including phenoxy) is 1.